The summed E-state index contributed by atoms with van der Waals surface area (Å²) in [5.41, 5.74) is 6.89. The number of benzene rings is 1. The molecule has 1 atom stereocenters. The number of nitrogens with two attached hydrogens (primary N) is 1. The molecule has 0 saturated carbocycles. The van der Waals surface area contributed by atoms with Gasteiger partial charge in [-0.25, -0.2) is 14.2 Å². The molecule has 3 heterocycles. The van der Waals surface area contributed by atoms with Crippen LogP contribution >= 0.6 is 0 Å². The van der Waals surface area contributed by atoms with Crippen molar-refractivity contribution in [1.82, 2.24) is 9.55 Å². The molecule has 0 bridgehead atoms. The average Bonchev–Trinajstić information content (AvgIpc) is 3.23. The number of rotatable bonds is 4. The topological polar surface area (TPSA) is 77.7 Å². The molecular weight excluding hydrogens is 373 g/mol. The van der Waals surface area contributed by atoms with Crippen LogP contribution in [0.3, 0.4) is 0 Å². The standard InChI is InChI=1S/C21H24FN5O2/c1-24-18-3-2-15(10-17(18)22)19-12-27(11-14-6-9-29-13-14)21(28)20(25-19)26-7-4-16(23)5-8-26/h2-3,10,12,14,16H,4-9,11,13,23H2. The van der Waals surface area contributed by atoms with Gasteiger partial charge in [-0.1, -0.05) is 12.1 Å². The Morgan fingerprint density at radius 1 is 1.31 bits per heavy atom. The van der Waals surface area contributed by atoms with Crippen LogP contribution < -0.4 is 16.2 Å². The highest BCUT2D eigenvalue weighted by Crippen LogP contribution is 2.26. The zero-order valence-corrected chi connectivity index (χ0v) is 16.2. The Kier molecular flexibility index (Phi) is 5.60. The number of halogens is 1. The minimum Gasteiger partial charge on any atom is -0.381 e. The second-order valence-electron chi connectivity index (χ2n) is 7.74. The first-order valence-electron chi connectivity index (χ1n) is 9.92. The van der Waals surface area contributed by atoms with E-state index in [1.165, 1.54) is 12.1 Å². The van der Waals surface area contributed by atoms with Crippen molar-refractivity contribution >= 4 is 11.5 Å². The minimum atomic E-state index is -0.591. The van der Waals surface area contributed by atoms with Crippen LogP contribution in [0.15, 0.2) is 29.2 Å². The predicted molar refractivity (Wildman–Crippen MR) is 109 cm³/mol. The van der Waals surface area contributed by atoms with Crippen LogP contribution in [0.25, 0.3) is 16.1 Å². The van der Waals surface area contributed by atoms with Gasteiger partial charge >= 0.3 is 0 Å². The lowest BCUT2D eigenvalue weighted by molar-refractivity contribution is 0.182. The molecule has 2 saturated heterocycles. The fraction of sp³-hybridized carbons (Fsp3) is 0.476. The molecule has 2 aromatic rings. The zero-order valence-electron chi connectivity index (χ0n) is 16.2. The molecule has 4 rings (SSSR count). The number of ether oxygens (including phenoxy) is 1. The van der Waals surface area contributed by atoms with E-state index in [1.807, 2.05) is 4.90 Å². The van der Waals surface area contributed by atoms with Crippen LogP contribution in [0, 0.1) is 18.3 Å². The second-order valence-corrected chi connectivity index (χ2v) is 7.74. The Labute approximate surface area is 168 Å². The third kappa shape index (κ3) is 4.16. The van der Waals surface area contributed by atoms with Crippen molar-refractivity contribution < 1.29 is 9.13 Å². The molecule has 29 heavy (non-hydrogen) atoms. The molecule has 2 fully saturated rings. The maximum atomic E-state index is 14.2. The maximum absolute atomic E-state index is 14.2. The van der Waals surface area contributed by atoms with Gasteiger partial charge in [0.15, 0.2) is 5.82 Å². The predicted octanol–water partition coefficient (Wildman–Crippen LogP) is 2.56. The second kappa shape index (κ2) is 8.31. The lowest BCUT2D eigenvalue weighted by atomic mass is 10.1. The highest BCUT2D eigenvalue weighted by molar-refractivity contribution is 5.64. The number of hydrogen-bond donors (Lipinski definition) is 1. The fourth-order valence-electron chi connectivity index (χ4n) is 3.88. The van der Waals surface area contributed by atoms with Gasteiger partial charge in [0, 0.05) is 50.0 Å². The Bertz CT molecular complexity index is 986. The summed E-state index contributed by atoms with van der Waals surface area (Å²) in [5, 5.41) is 0. The molecule has 1 unspecified atom stereocenters. The Balaban J connectivity index is 1.75. The zero-order chi connectivity index (χ0) is 20.4. The van der Waals surface area contributed by atoms with Crippen LogP contribution in [0.4, 0.5) is 15.9 Å². The Morgan fingerprint density at radius 2 is 2.10 bits per heavy atom. The van der Waals surface area contributed by atoms with E-state index in [-0.39, 0.29) is 23.2 Å². The summed E-state index contributed by atoms with van der Waals surface area (Å²) in [7, 11) is 0. The highest BCUT2D eigenvalue weighted by Gasteiger charge is 2.24. The van der Waals surface area contributed by atoms with Crippen LogP contribution in [0.2, 0.25) is 0 Å². The van der Waals surface area contributed by atoms with Crippen molar-refractivity contribution in [3.63, 3.8) is 0 Å². The first-order chi connectivity index (χ1) is 14.0. The number of anilines is 1. The van der Waals surface area contributed by atoms with Gasteiger partial charge in [0.1, 0.15) is 5.82 Å². The van der Waals surface area contributed by atoms with Gasteiger partial charge in [-0.2, -0.15) is 0 Å². The van der Waals surface area contributed by atoms with Gasteiger partial charge in [-0.15, -0.1) is 0 Å². The molecule has 2 N–H and O–H groups in total. The Hall–Kier alpha value is -2.76. The first-order valence-corrected chi connectivity index (χ1v) is 9.92. The largest absolute Gasteiger partial charge is 0.381 e. The molecule has 1 aromatic heterocycles. The van der Waals surface area contributed by atoms with Crippen molar-refractivity contribution in [3.05, 3.63) is 52.0 Å². The van der Waals surface area contributed by atoms with E-state index in [9.17, 15) is 9.18 Å². The normalized spacial score (nSPS) is 20.0. The van der Waals surface area contributed by atoms with Crippen LogP contribution in [0.5, 0.6) is 0 Å². The van der Waals surface area contributed by atoms with Crippen molar-refractivity contribution in [3.8, 4) is 11.3 Å². The SMILES string of the molecule is [C-]#[N+]c1ccc(-c2cn(CC3CCOC3)c(=O)c(N3CCC(N)CC3)n2)cc1F. The van der Waals surface area contributed by atoms with Crippen molar-refractivity contribution in [2.24, 2.45) is 11.7 Å². The summed E-state index contributed by atoms with van der Waals surface area (Å²) in [6, 6.07) is 4.56. The first kappa shape index (κ1) is 19.6. The molecule has 8 heteroatoms. The van der Waals surface area contributed by atoms with Crippen molar-refractivity contribution in [2.75, 3.05) is 31.2 Å². The van der Waals surface area contributed by atoms with Crippen LogP contribution in [-0.4, -0.2) is 41.9 Å². The third-order valence-electron chi connectivity index (χ3n) is 5.64. The lowest BCUT2D eigenvalue weighted by Gasteiger charge is -2.31. The number of piperidine rings is 1. The summed E-state index contributed by atoms with van der Waals surface area (Å²) in [6.45, 7) is 10.2. The number of hydrogen-bond acceptors (Lipinski definition) is 5. The van der Waals surface area contributed by atoms with Crippen LogP contribution in [-0.2, 0) is 11.3 Å². The number of aromatic nitrogens is 2. The van der Waals surface area contributed by atoms with Gasteiger partial charge in [0.05, 0.1) is 18.9 Å². The van der Waals surface area contributed by atoms with Crippen LogP contribution in [0.1, 0.15) is 19.3 Å². The van der Waals surface area contributed by atoms with E-state index < -0.39 is 5.82 Å². The molecule has 2 aliphatic heterocycles. The van der Waals surface area contributed by atoms with Gasteiger partial charge < -0.3 is 19.9 Å². The molecule has 0 amide bonds. The van der Waals surface area contributed by atoms with E-state index in [2.05, 4.69) is 9.83 Å². The van der Waals surface area contributed by atoms with Gasteiger partial charge in [-0.05, 0) is 25.3 Å². The molecule has 152 valence electrons. The van der Waals surface area contributed by atoms with Gasteiger partial charge in [0.25, 0.3) is 5.56 Å². The number of nitrogens with zero attached hydrogens (tertiary/aromatic N) is 4. The van der Waals surface area contributed by atoms with E-state index in [1.54, 1.807) is 16.8 Å². The fourth-order valence-corrected chi connectivity index (χ4v) is 3.88. The van der Waals surface area contributed by atoms with Gasteiger partial charge in [0.2, 0.25) is 5.69 Å². The summed E-state index contributed by atoms with van der Waals surface area (Å²) in [6.07, 6.45) is 4.20. The van der Waals surface area contributed by atoms with Crippen molar-refractivity contribution in [2.45, 2.75) is 31.8 Å². The van der Waals surface area contributed by atoms with E-state index >= 15 is 0 Å². The maximum Gasteiger partial charge on any atom is 0.293 e. The van der Waals surface area contributed by atoms with Gasteiger partial charge in [-0.3, -0.25) is 4.79 Å². The molecule has 0 aliphatic carbocycles. The Morgan fingerprint density at radius 3 is 2.76 bits per heavy atom. The molecule has 1 aromatic carbocycles. The quantitative estimate of drug-likeness (QED) is 0.803. The average molecular weight is 397 g/mol. The molecule has 0 radical (unpaired) electrons. The summed E-state index contributed by atoms with van der Waals surface area (Å²) in [4.78, 5) is 22.9. The third-order valence-corrected chi connectivity index (χ3v) is 5.64. The summed E-state index contributed by atoms with van der Waals surface area (Å²) >= 11 is 0. The monoisotopic (exact) mass is 397 g/mol. The molecule has 2 aliphatic rings. The van der Waals surface area contributed by atoms with E-state index in [4.69, 9.17) is 17.0 Å². The molecular formula is C21H24FN5O2. The summed E-state index contributed by atoms with van der Waals surface area (Å²) < 4.78 is 21.3. The van der Waals surface area contributed by atoms with E-state index in [0.717, 1.165) is 19.3 Å². The van der Waals surface area contributed by atoms with E-state index in [0.29, 0.717) is 49.9 Å². The highest BCUT2D eigenvalue weighted by atomic mass is 19.1. The molecule has 0 spiro atoms. The molecule has 7 nitrogen and oxygen atoms in total. The van der Waals surface area contributed by atoms with Crippen molar-refractivity contribution in [1.29, 1.82) is 0 Å². The smallest absolute Gasteiger partial charge is 0.293 e. The lowest BCUT2D eigenvalue weighted by Crippen LogP contribution is -2.43. The summed E-state index contributed by atoms with van der Waals surface area (Å²) in [5.74, 6) is 0.0570. The minimum absolute atomic E-state index is 0.0320.